The third-order valence-electron chi connectivity index (χ3n) is 4.17. The second-order valence-corrected chi connectivity index (χ2v) is 6.25. The minimum absolute atomic E-state index is 0.110. The highest BCUT2D eigenvalue weighted by Gasteiger charge is 2.15. The van der Waals surface area contributed by atoms with Gasteiger partial charge in [-0.15, -0.1) is 0 Å². The molecular formula is C18H32N2. The summed E-state index contributed by atoms with van der Waals surface area (Å²) < 4.78 is 0. The second kappa shape index (κ2) is 8.43. The Morgan fingerprint density at radius 2 is 1.80 bits per heavy atom. The molecule has 0 aromatic heterocycles. The van der Waals surface area contributed by atoms with E-state index in [2.05, 4.69) is 57.7 Å². The molecule has 20 heavy (non-hydrogen) atoms. The normalized spacial score (nSPS) is 13.2. The van der Waals surface area contributed by atoms with Crippen molar-refractivity contribution < 1.29 is 0 Å². The van der Waals surface area contributed by atoms with Gasteiger partial charge in [0.05, 0.1) is 0 Å². The van der Waals surface area contributed by atoms with Gasteiger partial charge in [-0.1, -0.05) is 38.0 Å². The van der Waals surface area contributed by atoms with Crippen LogP contribution in [0.4, 0.5) is 0 Å². The summed E-state index contributed by atoms with van der Waals surface area (Å²) in [6.45, 7) is 13.2. The van der Waals surface area contributed by atoms with Crippen molar-refractivity contribution in [3.05, 3.63) is 34.9 Å². The fraction of sp³-hybridized carbons (Fsp3) is 0.667. The zero-order valence-electron chi connectivity index (χ0n) is 13.9. The first-order valence-electron chi connectivity index (χ1n) is 8.02. The highest BCUT2D eigenvalue weighted by atomic mass is 15.2. The van der Waals surface area contributed by atoms with E-state index in [4.69, 9.17) is 5.73 Å². The van der Waals surface area contributed by atoms with Gasteiger partial charge in [-0.3, -0.25) is 4.90 Å². The lowest BCUT2D eigenvalue weighted by molar-refractivity contribution is 0.204. The van der Waals surface area contributed by atoms with Crippen LogP contribution in [0.25, 0.3) is 0 Å². The Morgan fingerprint density at radius 3 is 2.35 bits per heavy atom. The molecule has 0 spiro atoms. The molecule has 0 aliphatic carbocycles. The maximum atomic E-state index is 6.42. The zero-order chi connectivity index (χ0) is 15.1. The van der Waals surface area contributed by atoms with Crippen molar-refractivity contribution in [3.63, 3.8) is 0 Å². The summed E-state index contributed by atoms with van der Waals surface area (Å²) in [4.78, 5) is 2.51. The molecule has 2 N–H and O–H groups in total. The molecule has 0 saturated carbocycles. The minimum atomic E-state index is 0.110. The summed E-state index contributed by atoms with van der Waals surface area (Å²) in [5, 5.41) is 0. The predicted molar refractivity (Wildman–Crippen MR) is 89.1 cm³/mol. The molecule has 0 saturated heterocycles. The molecule has 1 aromatic rings. The van der Waals surface area contributed by atoms with Crippen molar-refractivity contribution in [3.8, 4) is 0 Å². The van der Waals surface area contributed by atoms with E-state index < -0.39 is 0 Å². The summed E-state index contributed by atoms with van der Waals surface area (Å²) in [6, 6.07) is 7.27. The van der Waals surface area contributed by atoms with Crippen LogP contribution in [0.1, 0.15) is 62.8 Å². The zero-order valence-corrected chi connectivity index (χ0v) is 13.9. The molecule has 1 atom stereocenters. The standard InChI is InChI=1S/C18H32N2/c1-6-7-8-11-20(14(2)3)13-18(19)17-10-9-15(4)16(5)12-17/h9-10,12,14,18H,6-8,11,13,19H2,1-5H3. The maximum absolute atomic E-state index is 6.42. The predicted octanol–water partition coefficient (Wildman–Crippen LogP) is 4.20. The fourth-order valence-corrected chi connectivity index (χ4v) is 2.48. The molecular weight excluding hydrogens is 244 g/mol. The van der Waals surface area contributed by atoms with Crippen LogP contribution >= 0.6 is 0 Å². The lowest BCUT2D eigenvalue weighted by Crippen LogP contribution is -2.37. The third kappa shape index (κ3) is 5.26. The van der Waals surface area contributed by atoms with Gasteiger partial charge in [0.15, 0.2) is 0 Å². The molecule has 1 aromatic carbocycles. The van der Waals surface area contributed by atoms with Crippen LogP contribution in [-0.2, 0) is 0 Å². The number of hydrogen-bond donors (Lipinski definition) is 1. The van der Waals surface area contributed by atoms with Gasteiger partial charge in [0.25, 0.3) is 0 Å². The number of benzene rings is 1. The van der Waals surface area contributed by atoms with E-state index in [9.17, 15) is 0 Å². The molecule has 0 aliphatic rings. The molecule has 0 aliphatic heterocycles. The van der Waals surface area contributed by atoms with Crippen molar-refractivity contribution >= 4 is 0 Å². The maximum Gasteiger partial charge on any atom is 0.0424 e. The third-order valence-corrected chi connectivity index (χ3v) is 4.17. The molecule has 1 rings (SSSR count). The van der Waals surface area contributed by atoms with Crippen LogP contribution in [0.15, 0.2) is 18.2 Å². The lowest BCUT2D eigenvalue weighted by Gasteiger charge is -2.29. The Balaban J connectivity index is 2.64. The van der Waals surface area contributed by atoms with Crippen LogP contribution in [0.5, 0.6) is 0 Å². The Hall–Kier alpha value is -0.860. The molecule has 0 radical (unpaired) electrons. The Kier molecular flexibility index (Phi) is 7.25. The molecule has 0 bridgehead atoms. The summed E-state index contributed by atoms with van der Waals surface area (Å²) in [7, 11) is 0. The number of rotatable bonds is 8. The van der Waals surface area contributed by atoms with E-state index in [-0.39, 0.29) is 6.04 Å². The van der Waals surface area contributed by atoms with E-state index >= 15 is 0 Å². The first-order chi connectivity index (χ1) is 9.45. The number of nitrogens with zero attached hydrogens (tertiary/aromatic N) is 1. The van der Waals surface area contributed by atoms with E-state index in [1.54, 1.807) is 0 Å². The van der Waals surface area contributed by atoms with Crippen molar-refractivity contribution in [2.75, 3.05) is 13.1 Å². The van der Waals surface area contributed by atoms with Crippen LogP contribution in [0.3, 0.4) is 0 Å². The lowest BCUT2D eigenvalue weighted by atomic mass is 10.0. The molecule has 2 heteroatoms. The summed E-state index contributed by atoms with van der Waals surface area (Å²) in [5.74, 6) is 0. The van der Waals surface area contributed by atoms with E-state index in [0.29, 0.717) is 6.04 Å². The van der Waals surface area contributed by atoms with Crippen LogP contribution in [0.2, 0.25) is 0 Å². The number of unbranched alkanes of at least 4 members (excludes halogenated alkanes) is 2. The summed E-state index contributed by atoms with van der Waals surface area (Å²) >= 11 is 0. The van der Waals surface area contributed by atoms with E-state index in [1.807, 2.05) is 0 Å². The van der Waals surface area contributed by atoms with Gasteiger partial charge in [0, 0.05) is 18.6 Å². The Bertz CT molecular complexity index is 398. The van der Waals surface area contributed by atoms with Gasteiger partial charge >= 0.3 is 0 Å². The topological polar surface area (TPSA) is 29.3 Å². The average Bonchev–Trinajstić information content (AvgIpc) is 2.40. The van der Waals surface area contributed by atoms with Crippen LogP contribution in [-0.4, -0.2) is 24.0 Å². The van der Waals surface area contributed by atoms with Gasteiger partial charge in [-0.25, -0.2) is 0 Å². The van der Waals surface area contributed by atoms with Crippen LogP contribution in [0, 0.1) is 13.8 Å². The fourth-order valence-electron chi connectivity index (χ4n) is 2.48. The summed E-state index contributed by atoms with van der Waals surface area (Å²) in [5.41, 5.74) is 10.3. The second-order valence-electron chi connectivity index (χ2n) is 6.25. The Morgan fingerprint density at radius 1 is 1.10 bits per heavy atom. The van der Waals surface area contributed by atoms with E-state index in [1.165, 1.54) is 36.0 Å². The molecule has 114 valence electrons. The first-order valence-corrected chi connectivity index (χ1v) is 8.02. The first kappa shape index (κ1) is 17.2. The number of hydrogen-bond acceptors (Lipinski definition) is 2. The van der Waals surface area contributed by atoms with Gasteiger partial charge in [-0.05, 0) is 57.4 Å². The van der Waals surface area contributed by atoms with Gasteiger partial charge < -0.3 is 5.73 Å². The minimum Gasteiger partial charge on any atom is -0.323 e. The number of aryl methyl sites for hydroxylation is 2. The Labute approximate surface area is 125 Å². The summed E-state index contributed by atoms with van der Waals surface area (Å²) in [6.07, 6.45) is 3.85. The molecule has 1 unspecified atom stereocenters. The quantitative estimate of drug-likeness (QED) is 0.721. The highest BCUT2D eigenvalue weighted by Crippen LogP contribution is 2.17. The largest absolute Gasteiger partial charge is 0.323 e. The SMILES string of the molecule is CCCCCN(CC(N)c1ccc(C)c(C)c1)C(C)C. The van der Waals surface area contributed by atoms with Gasteiger partial charge in [0.1, 0.15) is 0 Å². The van der Waals surface area contributed by atoms with E-state index in [0.717, 1.165) is 13.1 Å². The van der Waals surface area contributed by atoms with Crippen molar-refractivity contribution in [1.82, 2.24) is 4.90 Å². The smallest absolute Gasteiger partial charge is 0.0424 e. The molecule has 0 amide bonds. The van der Waals surface area contributed by atoms with Crippen LogP contribution < -0.4 is 5.73 Å². The highest BCUT2D eigenvalue weighted by molar-refractivity contribution is 5.31. The molecule has 0 heterocycles. The van der Waals surface area contributed by atoms with Crippen molar-refractivity contribution in [2.45, 2.75) is 66.0 Å². The number of nitrogens with two attached hydrogens (primary N) is 1. The van der Waals surface area contributed by atoms with Crippen molar-refractivity contribution in [2.24, 2.45) is 5.73 Å². The van der Waals surface area contributed by atoms with Crippen molar-refractivity contribution in [1.29, 1.82) is 0 Å². The van der Waals surface area contributed by atoms with Gasteiger partial charge in [-0.2, -0.15) is 0 Å². The molecule has 2 nitrogen and oxygen atoms in total. The monoisotopic (exact) mass is 276 g/mol. The molecule has 0 fully saturated rings. The average molecular weight is 276 g/mol. The van der Waals surface area contributed by atoms with Gasteiger partial charge in [0.2, 0.25) is 0 Å².